The second-order valence-electron chi connectivity index (χ2n) is 4.19. The number of nitrogens with zero attached hydrogens (tertiary/aromatic N) is 1. The highest BCUT2D eigenvalue weighted by atomic mass is 79.9. The third kappa shape index (κ3) is 2.46. The second-order valence-corrected chi connectivity index (χ2v) is 5.04. The summed E-state index contributed by atoms with van der Waals surface area (Å²) < 4.78 is 10.9. The van der Waals surface area contributed by atoms with Crippen molar-refractivity contribution < 1.29 is 14.3 Å². The first-order chi connectivity index (χ1) is 8.67. The van der Waals surface area contributed by atoms with E-state index in [1.807, 2.05) is 6.07 Å². The molecule has 0 amide bonds. The van der Waals surface area contributed by atoms with Crippen LogP contribution in [0.25, 0.3) is 0 Å². The highest BCUT2D eigenvalue weighted by Gasteiger charge is 2.22. The Hall–Kier alpha value is -1.23. The fourth-order valence-electron chi connectivity index (χ4n) is 2.19. The van der Waals surface area contributed by atoms with Gasteiger partial charge in [-0.25, -0.2) is 4.79 Å². The Kier molecular flexibility index (Phi) is 4.11. The summed E-state index contributed by atoms with van der Waals surface area (Å²) in [5.41, 5.74) is 1.46. The molecule has 0 radical (unpaired) electrons. The highest BCUT2D eigenvalue weighted by molar-refractivity contribution is 9.10. The van der Waals surface area contributed by atoms with Crippen molar-refractivity contribution in [2.75, 3.05) is 32.2 Å². The molecule has 98 valence electrons. The highest BCUT2D eigenvalue weighted by Crippen LogP contribution is 2.35. The number of anilines is 1. The Labute approximate surface area is 115 Å². The van der Waals surface area contributed by atoms with E-state index < -0.39 is 0 Å². The van der Waals surface area contributed by atoms with Crippen LogP contribution >= 0.6 is 15.9 Å². The number of methoxy groups -OCH3 is 2. The summed E-state index contributed by atoms with van der Waals surface area (Å²) >= 11 is 3.40. The van der Waals surface area contributed by atoms with Crippen LogP contribution in [-0.4, -0.2) is 33.3 Å². The first kappa shape index (κ1) is 13.2. The molecule has 0 atom stereocenters. The van der Waals surface area contributed by atoms with Gasteiger partial charge in [-0.05, 0) is 34.8 Å². The maximum absolute atomic E-state index is 11.8. The predicted octanol–water partition coefficient (Wildman–Crippen LogP) is 2.84. The third-order valence-corrected chi connectivity index (χ3v) is 3.74. The maximum atomic E-state index is 11.8. The molecule has 1 aromatic rings. The van der Waals surface area contributed by atoms with Gasteiger partial charge in [0, 0.05) is 19.2 Å². The number of hydrogen-bond acceptors (Lipinski definition) is 4. The van der Waals surface area contributed by atoms with Gasteiger partial charge >= 0.3 is 5.97 Å². The summed E-state index contributed by atoms with van der Waals surface area (Å²) in [6.07, 6.45) is 2.30. The van der Waals surface area contributed by atoms with Gasteiger partial charge in [-0.2, -0.15) is 0 Å². The summed E-state index contributed by atoms with van der Waals surface area (Å²) in [5, 5.41) is 0. The average Bonchev–Trinajstić information content (AvgIpc) is 2.91. The molecule has 2 rings (SSSR count). The normalized spacial score (nSPS) is 14.7. The molecule has 4 nitrogen and oxygen atoms in total. The van der Waals surface area contributed by atoms with Gasteiger partial charge in [-0.15, -0.1) is 0 Å². The molecule has 5 heteroatoms. The first-order valence-electron chi connectivity index (χ1n) is 5.88. The number of rotatable bonds is 3. The summed E-state index contributed by atoms with van der Waals surface area (Å²) in [6.45, 7) is 1.93. The van der Waals surface area contributed by atoms with E-state index in [0.29, 0.717) is 5.56 Å². The minimum absolute atomic E-state index is 0.319. The molecule has 1 aliphatic rings. The molecule has 0 bridgehead atoms. The van der Waals surface area contributed by atoms with Crippen LogP contribution in [-0.2, 0) is 4.74 Å². The van der Waals surface area contributed by atoms with Gasteiger partial charge in [-0.3, -0.25) is 0 Å². The lowest BCUT2D eigenvalue weighted by molar-refractivity contribution is 0.0601. The van der Waals surface area contributed by atoms with Gasteiger partial charge in [0.2, 0.25) is 0 Å². The summed E-state index contributed by atoms with van der Waals surface area (Å²) in [4.78, 5) is 14.0. The molecule has 0 saturated carbocycles. The molecule has 1 aliphatic heterocycles. The minimum Gasteiger partial charge on any atom is -0.495 e. The van der Waals surface area contributed by atoms with Gasteiger partial charge in [0.25, 0.3) is 0 Å². The fourth-order valence-corrected chi connectivity index (χ4v) is 2.70. The summed E-state index contributed by atoms with van der Waals surface area (Å²) in [6, 6.07) is 3.65. The van der Waals surface area contributed by atoms with Gasteiger partial charge in [-0.1, -0.05) is 0 Å². The van der Waals surface area contributed by atoms with Crippen molar-refractivity contribution in [1.82, 2.24) is 0 Å². The van der Waals surface area contributed by atoms with E-state index in [4.69, 9.17) is 9.47 Å². The van der Waals surface area contributed by atoms with Crippen LogP contribution in [0.4, 0.5) is 5.69 Å². The van der Waals surface area contributed by atoms with Crippen molar-refractivity contribution in [1.29, 1.82) is 0 Å². The van der Waals surface area contributed by atoms with Crippen molar-refractivity contribution >= 4 is 27.6 Å². The van der Waals surface area contributed by atoms with Crippen LogP contribution in [0.5, 0.6) is 5.75 Å². The molecule has 1 heterocycles. The molecule has 0 aromatic heterocycles. The van der Waals surface area contributed by atoms with Gasteiger partial charge in [0.05, 0.1) is 29.9 Å². The van der Waals surface area contributed by atoms with Crippen LogP contribution in [0.2, 0.25) is 0 Å². The topological polar surface area (TPSA) is 38.8 Å². The van der Waals surface area contributed by atoms with E-state index in [0.717, 1.165) is 41.8 Å². The zero-order valence-corrected chi connectivity index (χ0v) is 12.1. The number of hydrogen-bond donors (Lipinski definition) is 0. The SMILES string of the molecule is COC(=O)c1cc(Br)c(OC)cc1N1CCCC1. The Balaban J connectivity index is 2.48. The monoisotopic (exact) mass is 313 g/mol. The summed E-state index contributed by atoms with van der Waals surface area (Å²) in [5.74, 6) is 0.407. The molecule has 1 saturated heterocycles. The number of ether oxygens (including phenoxy) is 2. The quantitative estimate of drug-likeness (QED) is 0.804. The Morgan fingerprint density at radius 3 is 2.50 bits per heavy atom. The van der Waals surface area contributed by atoms with Crippen molar-refractivity contribution in [2.24, 2.45) is 0 Å². The lowest BCUT2D eigenvalue weighted by Crippen LogP contribution is -2.21. The molecular formula is C13H16BrNO3. The molecule has 0 aliphatic carbocycles. The lowest BCUT2D eigenvalue weighted by Gasteiger charge is -2.21. The number of benzene rings is 1. The molecule has 0 N–H and O–H groups in total. The van der Waals surface area contributed by atoms with Crippen molar-refractivity contribution in [3.63, 3.8) is 0 Å². The van der Waals surface area contributed by atoms with E-state index in [9.17, 15) is 4.79 Å². The molecule has 0 spiro atoms. The van der Waals surface area contributed by atoms with Crippen LogP contribution in [0.1, 0.15) is 23.2 Å². The van der Waals surface area contributed by atoms with Crippen LogP contribution in [0.15, 0.2) is 16.6 Å². The maximum Gasteiger partial charge on any atom is 0.340 e. The molecule has 1 aromatic carbocycles. The van der Waals surface area contributed by atoms with E-state index >= 15 is 0 Å². The smallest absolute Gasteiger partial charge is 0.340 e. The van der Waals surface area contributed by atoms with Crippen molar-refractivity contribution in [3.8, 4) is 5.75 Å². The zero-order chi connectivity index (χ0) is 13.1. The first-order valence-corrected chi connectivity index (χ1v) is 6.67. The Morgan fingerprint density at radius 1 is 1.28 bits per heavy atom. The Bertz CT molecular complexity index is 456. The Morgan fingerprint density at radius 2 is 1.94 bits per heavy atom. The molecule has 0 unspecified atom stereocenters. The third-order valence-electron chi connectivity index (χ3n) is 3.12. The van der Waals surface area contributed by atoms with E-state index in [2.05, 4.69) is 20.8 Å². The number of carbonyl (C=O) groups excluding carboxylic acids is 1. The number of esters is 1. The van der Waals surface area contributed by atoms with Gasteiger partial charge in [0.1, 0.15) is 5.75 Å². The van der Waals surface area contributed by atoms with Gasteiger partial charge < -0.3 is 14.4 Å². The van der Waals surface area contributed by atoms with Gasteiger partial charge in [0.15, 0.2) is 0 Å². The molecule has 1 fully saturated rings. The predicted molar refractivity (Wildman–Crippen MR) is 73.5 cm³/mol. The van der Waals surface area contributed by atoms with Crippen molar-refractivity contribution in [2.45, 2.75) is 12.8 Å². The second kappa shape index (κ2) is 5.61. The lowest BCUT2D eigenvalue weighted by atomic mass is 10.1. The average molecular weight is 314 g/mol. The van der Waals surface area contributed by atoms with Crippen molar-refractivity contribution in [3.05, 3.63) is 22.2 Å². The van der Waals surface area contributed by atoms with E-state index in [-0.39, 0.29) is 5.97 Å². The van der Waals surface area contributed by atoms with E-state index in [1.54, 1.807) is 13.2 Å². The number of carbonyl (C=O) groups is 1. The largest absolute Gasteiger partial charge is 0.495 e. The fraction of sp³-hybridized carbons (Fsp3) is 0.462. The minimum atomic E-state index is -0.319. The molecular weight excluding hydrogens is 298 g/mol. The summed E-state index contributed by atoms with van der Waals surface area (Å²) in [7, 11) is 3.01. The molecule has 18 heavy (non-hydrogen) atoms. The zero-order valence-electron chi connectivity index (χ0n) is 10.5. The van der Waals surface area contributed by atoms with Crippen LogP contribution < -0.4 is 9.64 Å². The standard InChI is InChI=1S/C13H16BrNO3/c1-17-12-8-11(15-5-3-4-6-15)9(7-10(12)14)13(16)18-2/h7-8H,3-6H2,1-2H3. The van der Waals surface area contributed by atoms with Crippen LogP contribution in [0, 0.1) is 0 Å². The van der Waals surface area contributed by atoms with Crippen LogP contribution in [0.3, 0.4) is 0 Å². The van der Waals surface area contributed by atoms with E-state index in [1.165, 1.54) is 7.11 Å². The number of halogens is 1.